The Morgan fingerprint density at radius 2 is 2.06 bits per heavy atom. The molecule has 1 atom stereocenters. The van der Waals surface area contributed by atoms with Gasteiger partial charge in [0.25, 0.3) is 0 Å². The number of hydrogen-bond acceptors (Lipinski definition) is 2. The van der Waals surface area contributed by atoms with Gasteiger partial charge in [0.1, 0.15) is 0 Å². The number of imidazole rings is 1. The Hall–Kier alpha value is -0.830. The smallest absolute Gasteiger partial charge is 0.0951 e. The normalized spacial score (nSPS) is 13.2. The zero-order chi connectivity index (χ0) is 12.7. The quantitative estimate of drug-likeness (QED) is 0.701. The molecule has 0 aromatic carbocycles. The highest BCUT2D eigenvalue weighted by Crippen LogP contribution is 2.17. The minimum atomic E-state index is 0.522. The average Bonchev–Trinajstić information content (AvgIpc) is 2.74. The van der Waals surface area contributed by atoms with Crippen LogP contribution in [0.2, 0.25) is 0 Å². The van der Waals surface area contributed by atoms with Gasteiger partial charge in [-0.3, -0.25) is 0 Å². The third kappa shape index (κ3) is 4.90. The Balaban J connectivity index is 2.48. The highest BCUT2D eigenvalue weighted by Gasteiger charge is 2.09. The molecule has 0 saturated carbocycles. The van der Waals surface area contributed by atoms with E-state index in [4.69, 9.17) is 0 Å². The van der Waals surface area contributed by atoms with Gasteiger partial charge in [-0.2, -0.15) is 0 Å². The number of unbranched alkanes of at least 4 members (excludes halogenated alkanes) is 2. The van der Waals surface area contributed by atoms with E-state index in [2.05, 4.69) is 42.6 Å². The highest BCUT2D eigenvalue weighted by atomic mass is 15.1. The van der Waals surface area contributed by atoms with Crippen molar-refractivity contribution in [2.75, 3.05) is 0 Å². The second-order valence-corrected chi connectivity index (χ2v) is 5.17. The van der Waals surface area contributed by atoms with Crippen LogP contribution < -0.4 is 5.32 Å². The SMILES string of the molecule is CCCCCC(C)n1cncc1CNC(C)C. The summed E-state index contributed by atoms with van der Waals surface area (Å²) in [5.41, 5.74) is 1.29. The molecule has 0 fully saturated rings. The first-order valence-corrected chi connectivity index (χ1v) is 6.89. The Morgan fingerprint density at radius 1 is 1.29 bits per heavy atom. The van der Waals surface area contributed by atoms with Crippen molar-refractivity contribution in [1.29, 1.82) is 0 Å². The van der Waals surface area contributed by atoms with Crippen molar-refractivity contribution >= 4 is 0 Å². The van der Waals surface area contributed by atoms with Gasteiger partial charge in [-0.25, -0.2) is 4.98 Å². The summed E-state index contributed by atoms with van der Waals surface area (Å²) in [6.07, 6.45) is 9.13. The molecule has 0 saturated heterocycles. The molecule has 1 aromatic rings. The van der Waals surface area contributed by atoms with E-state index in [1.54, 1.807) is 0 Å². The summed E-state index contributed by atoms with van der Waals surface area (Å²) in [5, 5.41) is 3.45. The van der Waals surface area contributed by atoms with Crippen LogP contribution in [0.15, 0.2) is 12.5 Å². The van der Waals surface area contributed by atoms with E-state index in [0.717, 1.165) is 6.54 Å². The second kappa shape index (κ2) is 7.49. The fourth-order valence-corrected chi connectivity index (χ4v) is 2.00. The predicted molar refractivity (Wildman–Crippen MR) is 73.1 cm³/mol. The predicted octanol–water partition coefficient (Wildman–Crippen LogP) is 3.52. The summed E-state index contributed by atoms with van der Waals surface area (Å²) in [6.45, 7) is 9.79. The zero-order valence-electron chi connectivity index (χ0n) is 11.7. The summed E-state index contributed by atoms with van der Waals surface area (Å²) >= 11 is 0. The maximum atomic E-state index is 4.27. The topological polar surface area (TPSA) is 29.9 Å². The van der Waals surface area contributed by atoms with E-state index >= 15 is 0 Å². The summed E-state index contributed by atoms with van der Waals surface area (Å²) in [7, 11) is 0. The van der Waals surface area contributed by atoms with Crippen LogP contribution in [0, 0.1) is 0 Å². The first-order valence-electron chi connectivity index (χ1n) is 6.89. The van der Waals surface area contributed by atoms with E-state index in [1.165, 1.54) is 31.4 Å². The Bertz CT molecular complexity index is 304. The monoisotopic (exact) mass is 237 g/mol. The molecule has 98 valence electrons. The fourth-order valence-electron chi connectivity index (χ4n) is 2.00. The molecule has 0 aliphatic rings. The summed E-state index contributed by atoms with van der Waals surface area (Å²) in [6, 6.07) is 1.08. The fraction of sp³-hybridized carbons (Fsp3) is 0.786. The van der Waals surface area contributed by atoms with E-state index in [1.807, 2.05) is 12.5 Å². The Morgan fingerprint density at radius 3 is 2.71 bits per heavy atom. The van der Waals surface area contributed by atoms with Crippen LogP contribution in [0.25, 0.3) is 0 Å². The highest BCUT2D eigenvalue weighted by molar-refractivity contribution is 5.00. The minimum Gasteiger partial charge on any atom is -0.331 e. The van der Waals surface area contributed by atoms with Crippen LogP contribution in [-0.2, 0) is 6.54 Å². The van der Waals surface area contributed by atoms with E-state index in [0.29, 0.717) is 12.1 Å². The molecule has 1 unspecified atom stereocenters. The average molecular weight is 237 g/mol. The van der Waals surface area contributed by atoms with Gasteiger partial charge in [0.2, 0.25) is 0 Å². The van der Waals surface area contributed by atoms with E-state index in [-0.39, 0.29) is 0 Å². The molecular weight excluding hydrogens is 210 g/mol. The molecule has 0 bridgehead atoms. The molecular formula is C14H27N3. The first kappa shape index (κ1) is 14.2. The Kier molecular flexibility index (Phi) is 6.27. The van der Waals surface area contributed by atoms with Gasteiger partial charge in [0.15, 0.2) is 0 Å². The summed E-state index contributed by atoms with van der Waals surface area (Å²) in [5.74, 6) is 0. The molecule has 0 aliphatic heterocycles. The number of hydrogen-bond donors (Lipinski definition) is 1. The van der Waals surface area contributed by atoms with Crippen molar-refractivity contribution in [3.05, 3.63) is 18.2 Å². The molecule has 0 radical (unpaired) electrons. The summed E-state index contributed by atoms with van der Waals surface area (Å²) < 4.78 is 2.31. The third-order valence-electron chi connectivity index (χ3n) is 3.14. The molecule has 0 spiro atoms. The first-order chi connectivity index (χ1) is 8.15. The molecule has 1 aromatic heterocycles. The van der Waals surface area contributed by atoms with Gasteiger partial charge >= 0.3 is 0 Å². The number of nitrogens with one attached hydrogen (secondary N) is 1. The maximum absolute atomic E-state index is 4.27. The lowest BCUT2D eigenvalue weighted by molar-refractivity contribution is 0.453. The van der Waals surface area contributed by atoms with Crippen LogP contribution in [0.1, 0.15) is 65.1 Å². The maximum Gasteiger partial charge on any atom is 0.0951 e. The van der Waals surface area contributed by atoms with Crippen LogP contribution in [0.4, 0.5) is 0 Å². The standard InChI is InChI=1S/C14H27N3/c1-5-6-7-8-13(4)17-11-15-9-14(17)10-16-12(2)3/h9,11-13,16H,5-8,10H2,1-4H3. The molecule has 1 N–H and O–H groups in total. The minimum absolute atomic E-state index is 0.522. The lowest BCUT2D eigenvalue weighted by Crippen LogP contribution is -2.24. The van der Waals surface area contributed by atoms with Gasteiger partial charge < -0.3 is 9.88 Å². The molecule has 3 heteroatoms. The lowest BCUT2D eigenvalue weighted by Gasteiger charge is -2.17. The van der Waals surface area contributed by atoms with Crippen molar-refractivity contribution in [2.24, 2.45) is 0 Å². The molecule has 0 aliphatic carbocycles. The Labute approximate surface area is 106 Å². The third-order valence-corrected chi connectivity index (χ3v) is 3.14. The van der Waals surface area contributed by atoms with Crippen molar-refractivity contribution in [1.82, 2.24) is 14.9 Å². The number of aromatic nitrogens is 2. The molecule has 1 heterocycles. The van der Waals surface area contributed by atoms with Gasteiger partial charge in [0, 0.05) is 24.8 Å². The zero-order valence-corrected chi connectivity index (χ0v) is 11.7. The van der Waals surface area contributed by atoms with Crippen molar-refractivity contribution in [2.45, 2.75) is 72.0 Å². The van der Waals surface area contributed by atoms with Gasteiger partial charge in [-0.05, 0) is 13.3 Å². The van der Waals surface area contributed by atoms with E-state index in [9.17, 15) is 0 Å². The second-order valence-electron chi connectivity index (χ2n) is 5.17. The van der Waals surface area contributed by atoms with Crippen LogP contribution in [0.3, 0.4) is 0 Å². The summed E-state index contributed by atoms with van der Waals surface area (Å²) in [4.78, 5) is 4.27. The molecule has 17 heavy (non-hydrogen) atoms. The van der Waals surface area contributed by atoms with Gasteiger partial charge in [-0.15, -0.1) is 0 Å². The van der Waals surface area contributed by atoms with Gasteiger partial charge in [-0.1, -0.05) is 40.0 Å². The van der Waals surface area contributed by atoms with Crippen molar-refractivity contribution < 1.29 is 0 Å². The van der Waals surface area contributed by atoms with Crippen molar-refractivity contribution in [3.63, 3.8) is 0 Å². The molecule has 1 rings (SSSR count). The van der Waals surface area contributed by atoms with Gasteiger partial charge in [0.05, 0.1) is 12.0 Å². The van der Waals surface area contributed by atoms with E-state index < -0.39 is 0 Å². The largest absolute Gasteiger partial charge is 0.331 e. The molecule has 0 amide bonds. The van der Waals surface area contributed by atoms with Crippen LogP contribution >= 0.6 is 0 Å². The van der Waals surface area contributed by atoms with Crippen molar-refractivity contribution in [3.8, 4) is 0 Å². The lowest BCUT2D eigenvalue weighted by atomic mass is 10.1. The van der Waals surface area contributed by atoms with Crippen LogP contribution in [-0.4, -0.2) is 15.6 Å². The molecule has 3 nitrogen and oxygen atoms in total. The number of nitrogens with zero attached hydrogens (tertiary/aromatic N) is 2. The van der Waals surface area contributed by atoms with Crippen LogP contribution in [0.5, 0.6) is 0 Å². The number of rotatable bonds is 8.